The summed E-state index contributed by atoms with van der Waals surface area (Å²) in [5.74, 6) is 2.15. The number of aromatic nitrogens is 6. The van der Waals surface area contributed by atoms with Crippen molar-refractivity contribution < 1.29 is 4.74 Å². The topological polar surface area (TPSA) is 125 Å². The molecule has 3 aromatic heterocycles. The zero-order chi connectivity index (χ0) is 25.0. The number of nitrogens with zero attached hydrogens (tertiary/aromatic N) is 6. The first kappa shape index (κ1) is 22.1. The van der Waals surface area contributed by atoms with E-state index >= 15 is 0 Å². The lowest BCUT2D eigenvalue weighted by Crippen LogP contribution is -2.00. The lowest BCUT2D eigenvalue weighted by Gasteiger charge is -2.12. The quantitative estimate of drug-likeness (QED) is 0.308. The predicted molar refractivity (Wildman–Crippen MR) is 142 cm³/mol. The van der Waals surface area contributed by atoms with Crippen LogP contribution in [0.4, 0.5) is 17.5 Å². The molecule has 3 aromatic carbocycles. The molecule has 0 unspecified atom stereocenters. The zero-order valence-corrected chi connectivity index (χ0v) is 19.5. The molecule has 37 heavy (non-hydrogen) atoms. The third-order valence-electron chi connectivity index (χ3n) is 5.67. The minimum Gasteiger partial charge on any atom is -0.438 e. The highest BCUT2D eigenvalue weighted by Crippen LogP contribution is 2.33. The van der Waals surface area contributed by atoms with Gasteiger partial charge < -0.3 is 15.8 Å². The largest absolute Gasteiger partial charge is 0.438 e. The first-order chi connectivity index (χ1) is 18.2. The fraction of sp³-hybridized carbons (Fsp3) is 0. The molecule has 0 aliphatic carbocycles. The van der Waals surface area contributed by atoms with Gasteiger partial charge in [-0.05, 0) is 36.4 Å². The molecule has 3 heterocycles. The van der Waals surface area contributed by atoms with Gasteiger partial charge in [-0.2, -0.15) is 4.98 Å². The van der Waals surface area contributed by atoms with E-state index in [0.29, 0.717) is 28.8 Å². The number of nitrogens with one attached hydrogen (secondary N) is 1. The number of rotatable bonds is 6. The maximum atomic E-state index is 6.04. The second kappa shape index (κ2) is 9.67. The van der Waals surface area contributed by atoms with Gasteiger partial charge in [-0.25, -0.2) is 15.0 Å². The maximum Gasteiger partial charge on any atom is 0.230 e. The highest BCUT2D eigenvalue weighted by Gasteiger charge is 2.13. The Labute approximate surface area is 212 Å². The molecule has 3 N–H and O–H groups in total. The Kier molecular flexibility index (Phi) is 5.76. The summed E-state index contributed by atoms with van der Waals surface area (Å²) < 4.78 is 6.04. The van der Waals surface area contributed by atoms with Crippen LogP contribution in [-0.4, -0.2) is 30.1 Å². The van der Waals surface area contributed by atoms with E-state index in [4.69, 9.17) is 10.5 Å². The number of hydrogen-bond donors (Lipinski definition) is 2. The van der Waals surface area contributed by atoms with Crippen LogP contribution in [0, 0.1) is 0 Å². The predicted octanol–water partition coefficient (Wildman–Crippen LogP) is 5.66. The molecule has 0 bridgehead atoms. The van der Waals surface area contributed by atoms with E-state index in [0.717, 1.165) is 27.7 Å². The van der Waals surface area contributed by atoms with Crippen molar-refractivity contribution in [3.8, 4) is 34.3 Å². The summed E-state index contributed by atoms with van der Waals surface area (Å²) in [6.07, 6.45) is 3.00. The van der Waals surface area contributed by atoms with E-state index in [1.807, 2.05) is 78.9 Å². The van der Waals surface area contributed by atoms with Gasteiger partial charge in [0.1, 0.15) is 17.8 Å². The summed E-state index contributed by atoms with van der Waals surface area (Å²) in [4.78, 5) is 16.5. The minimum absolute atomic E-state index is 0.127. The van der Waals surface area contributed by atoms with Crippen LogP contribution in [0.5, 0.6) is 11.6 Å². The van der Waals surface area contributed by atoms with E-state index in [1.165, 1.54) is 6.33 Å². The van der Waals surface area contributed by atoms with Crippen molar-refractivity contribution in [2.24, 2.45) is 0 Å². The summed E-state index contributed by atoms with van der Waals surface area (Å²) in [5, 5.41) is 14.4. The van der Waals surface area contributed by atoms with Crippen molar-refractivity contribution in [2.45, 2.75) is 0 Å². The van der Waals surface area contributed by atoms with Gasteiger partial charge in [0.05, 0.1) is 5.56 Å². The van der Waals surface area contributed by atoms with Gasteiger partial charge in [-0.3, -0.25) is 0 Å². The van der Waals surface area contributed by atoms with Crippen LogP contribution in [0.15, 0.2) is 104 Å². The van der Waals surface area contributed by atoms with Crippen LogP contribution in [0.25, 0.3) is 33.4 Å². The molecule has 0 fully saturated rings. The third-order valence-corrected chi connectivity index (χ3v) is 5.67. The first-order valence-corrected chi connectivity index (χ1v) is 11.5. The lowest BCUT2D eigenvalue weighted by atomic mass is 10.0. The fourth-order valence-corrected chi connectivity index (χ4v) is 3.94. The van der Waals surface area contributed by atoms with Crippen molar-refractivity contribution >= 4 is 28.2 Å². The molecule has 0 saturated carbocycles. The van der Waals surface area contributed by atoms with Gasteiger partial charge in [0, 0.05) is 28.2 Å². The number of nitrogens with two attached hydrogens (primary N) is 1. The van der Waals surface area contributed by atoms with Crippen molar-refractivity contribution in [3.63, 3.8) is 0 Å². The Bertz CT molecular complexity index is 1690. The summed E-state index contributed by atoms with van der Waals surface area (Å²) >= 11 is 0. The average molecular weight is 485 g/mol. The summed E-state index contributed by atoms with van der Waals surface area (Å²) in [7, 11) is 0. The first-order valence-electron chi connectivity index (χ1n) is 11.5. The molecule has 0 aliphatic rings. The molecule has 0 spiro atoms. The molecule has 6 aromatic rings. The number of nitrogen functional groups attached to an aromatic ring is 1. The normalized spacial score (nSPS) is 10.8. The Morgan fingerprint density at radius 3 is 2.30 bits per heavy atom. The van der Waals surface area contributed by atoms with Crippen LogP contribution in [0.1, 0.15) is 0 Å². The summed E-state index contributed by atoms with van der Waals surface area (Å²) in [6, 6.07) is 29.2. The second-order valence-corrected chi connectivity index (χ2v) is 8.08. The van der Waals surface area contributed by atoms with E-state index in [9.17, 15) is 0 Å². The van der Waals surface area contributed by atoms with E-state index in [1.54, 1.807) is 12.3 Å². The zero-order valence-electron chi connectivity index (χ0n) is 19.5. The van der Waals surface area contributed by atoms with Crippen LogP contribution >= 0.6 is 0 Å². The fourth-order valence-electron chi connectivity index (χ4n) is 3.94. The van der Waals surface area contributed by atoms with E-state index < -0.39 is 0 Å². The molecule has 0 atom stereocenters. The number of hydrogen-bond acceptors (Lipinski definition) is 9. The monoisotopic (exact) mass is 484 g/mol. The van der Waals surface area contributed by atoms with Crippen LogP contribution in [0.3, 0.4) is 0 Å². The van der Waals surface area contributed by atoms with Crippen molar-refractivity contribution in [1.29, 1.82) is 0 Å². The van der Waals surface area contributed by atoms with Gasteiger partial charge in [0.15, 0.2) is 11.6 Å². The van der Waals surface area contributed by atoms with Crippen molar-refractivity contribution in [2.75, 3.05) is 11.1 Å². The highest BCUT2D eigenvalue weighted by molar-refractivity contribution is 6.00. The molecular weight excluding hydrogens is 464 g/mol. The SMILES string of the molecule is Nc1ncnc(-c2cccnc2Oc2ccc(Nc3nnc(-c4ccccc4)c4ccccc34)cc2)n1. The van der Waals surface area contributed by atoms with Gasteiger partial charge in [-0.15, -0.1) is 10.2 Å². The number of fused-ring (bicyclic) bond motifs is 1. The number of anilines is 3. The van der Waals surface area contributed by atoms with Gasteiger partial charge in [0.25, 0.3) is 0 Å². The van der Waals surface area contributed by atoms with E-state index in [-0.39, 0.29) is 5.95 Å². The average Bonchev–Trinajstić information content (AvgIpc) is 2.95. The van der Waals surface area contributed by atoms with Crippen LogP contribution in [-0.2, 0) is 0 Å². The highest BCUT2D eigenvalue weighted by atomic mass is 16.5. The maximum absolute atomic E-state index is 6.04. The molecular formula is C28H20N8O. The molecule has 178 valence electrons. The third kappa shape index (κ3) is 4.61. The molecule has 9 nitrogen and oxygen atoms in total. The Hall–Kier alpha value is -5.44. The summed E-state index contributed by atoms with van der Waals surface area (Å²) in [5.41, 5.74) is 9.03. The number of ether oxygens (including phenoxy) is 1. The Morgan fingerprint density at radius 1 is 0.703 bits per heavy atom. The minimum atomic E-state index is 0.127. The lowest BCUT2D eigenvalue weighted by molar-refractivity contribution is 0.464. The Balaban J connectivity index is 1.26. The molecule has 0 saturated heterocycles. The number of pyridine rings is 1. The van der Waals surface area contributed by atoms with Crippen LogP contribution in [0.2, 0.25) is 0 Å². The van der Waals surface area contributed by atoms with Crippen molar-refractivity contribution in [1.82, 2.24) is 30.1 Å². The standard InChI is InChI=1S/C28H20N8O/c29-28-32-17-31-25(34-28)23-11-6-16-30-27(23)37-20-14-12-19(13-15-20)33-26-22-10-5-4-9-21(22)24(35-36-26)18-7-2-1-3-8-18/h1-17H,(H,33,36)(H2,29,31,32,34). The summed E-state index contributed by atoms with van der Waals surface area (Å²) in [6.45, 7) is 0. The molecule has 0 aliphatic heterocycles. The molecule has 0 radical (unpaired) electrons. The van der Waals surface area contributed by atoms with Gasteiger partial charge in [-0.1, -0.05) is 54.6 Å². The smallest absolute Gasteiger partial charge is 0.230 e. The van der Waals surface area contributed by atoms with E-state index in [2.05, 4.69) is 41.5 Å². The van der Waals surface area contributed by atoms with Gasteiger partial charge >= 0.3 is 0 Å². The van der Waals surface area contributed by atoms with Crippen molar-refractivity contribution in [3.05, 3.63) is 104 Å². The molecule has 9 heteroatoms. The Morgan fingerprint density at radius 2 is 1.49 bits per heavy atom. The second-order valence-electron chi connectivity index (χ2n) is 8.08. The molecule has 6 rings (SSSR count). The number of benzene rings is 3. The van der Waals surface area contributed by atoms with Crippen LogP contribution < -0.4 is 15.8 Å². The molecule has 0 amide bonds. The van der Waals surface area contributed by atoms with Gasteiger partial charge in [0.2, 0.25) is 11.8 Å².